The lowest BCUT2D eigenvalue weighted by atomic mass is 10.3. The predicted molar refractivity (Wildman–Crippen MR) is 39.4 cm³/mol. The minimum Gasteiger partial charge on any atom is -0.274 e. The fraction of sp³-hybridized carbons (Fsp3) is 0.714. The Morgan fingerprint density at radius 3 is 2.73 bits per heavy atom. The van der Waals surface area contributed by atoms with Crippen molar-refractivity contribution in [1.82, 2.24) is 10.4 Å². The highest BCUT2D eigenvalue weighted by Crippen LogP contribution is 2.14. The third-order valence-electron chi connectivity index (χ3n) is 1.76. The van der Waals surface area contributed by atoms with E-state index in [4.69, 9.17) is 0 Å². The fourth-order valence-electron chi connectivity index (χ4n) is 1.17. The van der Waals surface area contributed by atoms with Crippen molar-refractivity contribution in [2.45, 2.75) is 32.7 Å². The van der Waals surface area contributed by atoms with E-state index in [9.17, 15) is 9.59 Å². The maximum atomic E-state index is 11.0. The van der Waals surface area contributed by atoms with Crippen molar-refractivity contribution in [3.8, 4) is 0 Å². The van der Waals surface area contributed by atoms with Crippen LogP contribution in [-0.2, 0) is 9.59 Å². The monoisotopic (exact) mass is 156 g/mol. The molecule has 2 amide bonds. The summed E-state index contributed by atoms with van der Waals surface area (Å²) >= 11 is 0. The van der Waals surface area contributed by atoms with E-state index in [2.05, 4.69) is 5.43 Å². The van der Waals surface area contributed by atoms with Gasteiger partial charge in [-0.15, -0.1) is 0 Å². The molecule has 0 radical (unpaired) electrons. The zero-order chi connectivity index (χ0) is 8.43. The highest BCUT2D eigenvalue weighted by molar-refractivity contribution is 5.82. The number of amides is 2. The first kappa shape index (κ1) is 8.04. The zero-order valence-electron chi connectivity index (χ0n) is 6.76. The van der Waals surface area contributed by atoms with Crippen LogP contribution in [0.1, 0.15) is 26.7 Å². The van der Waals surface area contributed by atoms with Crippen molar-refractivity contribution in [2.75, 3.05) is 0 Å². The first-order valence-electron chi connectivity index (χ1n) is 3.70. The van der Waals surface area contributed by atoms with Gasteiger partial charge in [0.1, 0.15) is 0 Å². The molecule has 0 saturated carbocycles. The molecule has 0 aromatic rings. The molecular weight excluding hydrogens is 144 g/mol. The summed E-state index contributed by atoms with van der Waals surface area (Å²) in [5, 5.41) is 1.41. The summed E-state index contributed by atoms with van der Waals surface area (Å²) in [7, 11) is 0. The number of hydrogen-bond acceptors (Lipinski definition) is 2. The number of nitrogens with one attached hydrogen (secondary N) is 1. The maximum Gasteiger partial charge on any atom is 0.241 e. The zero-order valence-corrected chi connectivity index (χ0v) is 6.76. The summed E-state index contributed by atoms with van der Waals surface area (Å²) < 4.78 is 0. The van der Waals surface area contributed by atoms with Gasteiger partial charge in [0.2, 0.25) is 11.8 Å². The summed E-state index contributed by atoms with van der Waals surface area (Å²) in [6.07, 6.45) is 1.38. The van der Waals surface area contributed by atoms with E-state index in [-0.39, 0.29) is 17.9 Å². The van der Waals surface area contributed by atoms with Gasteiger partial charge in [-0.2, -0.15) is 0 Å². The van der Waals surface area contributed by atoms with Gasteiger partial charge in [0, 0.05) is 13.3 Å². The summed E-state index contributed by atoms with van der Waals surface area (Å²) in [5.41, 5.74) is 2.49. The van der Waals surface area contributed by atoms with Crippen LogP contribution in [0, 0.1) is 0 Å². The number of carbonyl (C=O) groups is 2. The highest BCUT2D eigenvalue weighted by atomic mass is 16.2. The quantitative estimate of drug-likeness (QED) is 0.583. The van der Waals surface area contributed by atoms with E-state index >= 15 is 0 Å². The molecule has 11 heavy (non-hydrogen) atoms. The van der Waals surface area contributed by atoms with Crippen molar-refractivity contribution in [1.29, 1.82) is 0 Å². The van der Waals surface area contributed by atoms with Gasteiger partial charge in [0.05, 0.1) is 6.04 Å². The van der Waals surface area contributed by atoms with Gasteiger partial charge in [-0.1, -0.05) is 0 Å². The van der Waals surface area contributed by atoms with Crippen LogP contribution < -0.4 is 5.43 Å². The Balaban J connectivity index is 2.54. The molecule has 1 fully saturated rings. The summed E-state index contributed by atoms with van der Waals surface area (Å²) in [6, 6.07) is 0.145. The molecule has 0 bridgehead atoms. The third-order valence-corrected chi connectivity index (χ3v) is 1.76. The van der Waals surface area contributed by atoms with Crippen LogP contribution in [0.2, 0.25) is 0 Å². The normalized spacial score (nSPS) is 24.0. The molecule has 1 heterocycles. The minimum atomic E-state index is -0.188. The number of hydrogen-bond donors (Lipinski definition) is 1. The Morgan fingerprint density at radius 1 is 1.73 bits per heavy atom. The third kappa shape index (κ3) is 1.69. The second kappa shape index (κ2) is 2.90. The van der Waals surface area contributed by atoms with Gasteiger partial charge in [0.25, 0.3) is 0 Å². The number of hydrazine groups is 1. The number of carbonyl (C=O) groups excluding carboxylic acids is 2. The lowest BCUT2D eigenvalue weighted by Gasteiger charge is -2.20. The molecule has 1 atom stereocenters. The van der Waals surface area contributed by atoms with Crippen molar-refractivity contribution in [3.63, 3.8) is 0 Å². The molecule has 0 aliphatic carbocycles. The molecule has 0 aromatic carbocycles. The topological polar surface area (TPSA) is 49.4 Å². The van der Waals surface area contributed by atoms with E-state index in [0.29, 0.717) is 6.42 Å². The molecule has 1 saturated heterocycles. The van der Waals surface area contributed by atoms with Crippen LogP contribution in [0.15, 0.2) is 0 Å². The number of nitrogens with zero attached hydrogens (tertiary/aromatic N) is 1. The van der Waals surface area contributed by atoms with Gasteiger partial charge >= 0.3 is 0 Å². The van der Waals surface area contributed by atoms with Crippen LogP contribution in [0.25, 0.3) is 0 Å². The summed E-state index contributed by atoms with van der Waals surface area (Å²) in [4.78, 5) is 21.6. The van der Waals surface area contributed by atoms with Gasteiger partial charge < -0.3 is 0 Å². The molecule has 0 unspecified atom stereocenters. The van der Waals surface area contributed by atoms with E-state index in [1.165, 1.54) is 11.9 Å². The summed E-state index contributed by atoms with van der Waals surface area (Å²) in [6.45, 7) is 3.32. The molecule has 0 aromatic heterocycles. The lowest BCUT2D eigenvalue weighted by Crippen LogP contribution is -2.45. The van der Waals surface area contributed by atoms with E-state index in [1.807, 2.05) is 6.92 Å². The molecule has 1 aliphatic heterocycles. The predicted octanol–water partition coefficient (Wildman–Crippen LogP) is 0.0484. The molecule has 1 rings (SSSR count). The van der Waals surface area contributed by atoms with Crippen LogP contribution in [0.5, 0.6) is 0 Å². The van der Waals surface area contributed by atoms with Crippen molar-refractivity contribution in [3.05, 3.63) is 0 Å². The lowest BCUT2D eigenvalue weighted by molar-refractivity contribution is -0.138. The van der Waals surface area contributed by atoms with Gasteiger partial charge in [-0.3, -0.25) is 20.0 Å². The molecule has 1 N–H and O–H groups in total. The molecule has 4 nitrogen and oxygen atoms in total. The van der Waals surface area contributed by atoms with E-state index in [1.54, 1.807) is 0 Å². The summed E-state index contributed by atoms with van der Waals surface area (Å²) in [5.74, 6) is -0.181. The molecular formula is C7H12N2O2. The fourth-order valence-corrected chi connectivity index (χ4v) is 1.17. The van der Waals surface area contributed by atoms with Crippen LogP contribution in [0.3, 0.4) is 0 Å². The second-order valence-corrected chi connectivity index (χ2v) is 2.82. The molecule has 4 heteroatoms. The first-order valence-corrected chi connectivity index (χ1v) is 3.70. The Kier molecular flexibility index (Phi) is 2.12. The van der Waals surface area contributed by atoms with Crippen molar-refractivity contribution < 1.29 is 9.59 Å². The van der Waals surface area contributed by atoms with E-state index in [0.717, 1.165) is 6.42 Å². The average Bonchev–Trinajstić information content (AvgIpc) is 2.18. The maximum absolute atomic E-state index is 11.0. The Labute approximate surface area is 65.5 Å². The Hall–Kier alpha value is -1.06. The molecule has 62 valence electrons. The largest absolute Gasteiger partial charge is 0.274 e. The number of rotatable bonds is 1. The van der Waals surface area contributed by atoms with Crippen LogP contribution in [-0.4, -0.2) is 22.9 Å². The van der Waals surface area contributed by atoms with Crippen molar-refractivity contribution in [2.24, 2.45) is 0 Å². The van der Waals surface area contributed by atoms with Crippen molar-refractivity contribution >= 4 is 11.8 Å². The minimum absolute atomic E-state index is 0.00713. The van der Waals surface area contributed by atoms with Gasteiger partial charge in [-0.25, -0.2) is 0 Å². The average molecular weight is 156 g/mol. The SMILES string of the molecule is CC(=O)NN1C(=O)CC[C@H]1C. The van der Waals surface area contributed by atoms with E-state index < -0.39 is 0 Å². The van der Waals surface area contributed by atoms with Gasteiger partial charge in [-0.05, 0) is 13.3 Å². The Bertz CT molecular complexity index is 191. The van der Waals surface area contributed by atoms with Gasteiger partial charge in [0.15, 0.2) is 0 Å². The standard InChI is InChI=1S/C7H12N2O2/c1-5-3-4-7(11)9(5)8-6(2)10/h5H,3-4H2,1-2H3,(H,8,10)/t5-/m1/s1. The second-order valence-electron chi connectivity index (χ2n) is 2.82. The molecule has 0 spiro atoms. The first-order chi connectivity index (χ1) is 5.11. The van der Waals surface area contributed by atoms with Crippen LogP contribution in [0.4, 0.5) is 0 Å². The van der Waals surface area contributed by atoms with Crippen LogP contribution >= 0.6 is 0 Å². The molecule has 1 aliphatic rings. The highest BCUT2D eigenvalue weighted by Gasteiger charge is 2.27. The Morgan fingerprint density at radius 2 is 2.36 bits per heavy atom. The smallest absolute Gasteiger partial charge is 0.241 e.